The third kappa shape index (κ3) is 3.27. The Morgan fingerprint density at radius 1 is 1.25 bits per heavy atom. The molecule has 2 N–H and O–H groups in total. The summed E-state index contributed by atoms with van der Waals surface area (Å²) in [4.78, 5) is 0. The lowest BCUT2D eigenvalue weighted by Crippen LogP contribution is -2.19. The highest BCUT2D eigenvalue weighted by Crippen LogP contribution is 2.24. The smallest absolute Gasteiger partial charge is 0.127 e. The van der Waals surface area contributed by atoms with E-state index >= 15 is 0 Å². The monoisotopic (exact) mass is 275 g/mol. The van der Waals surface area contributed by atoms with E-state index in [0.29, 0.717) is 23.4 Å². The van der Waals surface area contributed by atoms with Gasteiger partial charge in [-0.25, -0.2) is 4.39 Å². The number of phenolic OH excluding ortho intramolecular Hbond substituents is 1. The topological polar surface area (TPSA) is 41.5 Å². The molecule has 2 aromatic rings. The molecule has 0 fully saturated rings. The molecule has 0 aliphatic carbocycles. The average molecular weight is 275 g/mol. The van der Waals surface area contributed by atoms with Crippen LogP contribution in [0.4, 0.5) is 4.39 Å². The molecule has 0 heterocycles. The average Bonchev–Trinajstić information content (AvgIpc) is 2.46. The second kappa shape index (κ2) is 6.39. The Morgan fingerprint density at radius 2 is 2.00 bits per heavy atom. The lowest BCUT2D eigenvalue weighted by atomic mass is 10.1. The van der Waals surface area contributed by atoms with Crippen LogP contribution in [-0.4, -0.2) is 12.2 Å². The van der Waals surface area contributed by atoms with Crippen LogP contribution in [0.1, 0.15) is 24.1 Å². The van der Waals surface area contributed by atoms with Gasteiger partial charge in [-0.1, -0.05) is 18.2 Å². The van der Waals surface area contributed by atoms with E-state index in [1.54, 1.807) is 43.5 Å². The number of nitrogens with one attached hydrogen (secondary N) is 1. The van der Waals surface area contributed by atoms with Crippen molar-refractivity contribution >= 4 is 0 Å². The Balaban J connectivity index is 2.07. The zero-order chi connectivity index (χ0) is 14.5. The summed E-state index contributed by atoms with van der Waals surface area (Å²) in [6.07, 6.45) is 0. The van der Waals surface area contributed by atoms with Crippen molar-refractivity contribution in [2.75, 3.05) is 7.11 Å². The first-order chi connectivity index (χ1) is 9.61. The zero-order valence-electron chi connectivity index (χ0n) is 11.6. The number of methoxy groups -OCH3 is 1. The third-order valence-electron chi connectivity index (χ3n) is 3.26. The summed E-state index contributed by atoms with van der Waals surface area (Å²) < 4.78 is 18.8. The number of hydrogen-bond donors (Lipinski definition) is 2. The standard InChI is InChI=1S/C16H18FNO2/c1-11(14-5-3-4-6-15(14)17)18-10-12-9-13(20-2)7-8-16(12)19/h3-9,11,18-19H,10H2,1-2H3. The maximum Gasteiger partial charge on any atom is 0.127 e. The highest BCUT2D eigenvalue weighted by Gasteiger charge is 2.11. The van der Waals surface area contributed by atoms with E-state index < -0.39 is 0 Å². The van der Waals surface area contributed by atoms with Crippen molar-refractivity contribution in [3.63, 3.8) is 0 Å². The van der Waals surface area contributed by atoms with E-state index in [0.717, 1.165) is 0 Å². The number of rotatable bonds is 5. The summed E-state index contributed by atoms with van der Waals surface area (Å²) in [5, 5.41) is 13.0. The summed E-state index contributed by atoms with van der Waals surface area (Å²) in [5.41, 5.74) is 1.32. The van der Waals surface area contributed by atoms with Gasteiger partial charge in [-0.15, -0.1) is 0 Å². The molecule has 20 heavy (non-hydrogen) atoms. The Bertz CT molecular complexity index is 586. The van der Waals surface area contributed by atoms with Gasteiger partial charge in [0.15, 0.2) is 0 Å². The van der Waals surface area contributed by atoms with Gasteiger partial charge in [0.05, 0.1) is 7.11 Å². The molecule has 2 aromatic carbocycles. The minimum absolute atomic E-state index is 0.151. The number of phenols is 1. The van der Waals surface area contributed by atoms with Crippen molar-refractivity contribution in [3.05, 3.63) is 59.4 Å². The quantitative estimate of drug-likeness (QED) is 0.879. The first-order valence-corrected chi connectivity index (χ1v) is 6.45. The summed E-state index contributed by atoms with van der Waals surface area (Å²) >= 11 is 0. The first-order valence-electron chi connectivity index (χ1n) is 6.45. The molecule has 0 bridgehead atoms. The van der Waals surface area contributed by atoms with Crippen LogP contribution in [0, 0.1) is 5.82 Å². The fourth-order valence-corrected chi connectivity index (χ4v) is 2.03. The van der Waals surface area contributed by atoms with E-state index in [9.17, 15) is 9.50 Å². The van der Waals surface area contributed by atoms with Crippen LogP contribution < -0.4 is 10.1 Å². The number of aromatic hydroxyl groups is 1. The van der Waals surface area contributed by atoms with Crippen molar-refractivity contribution in [2.24, 2.45) is 0 Å². The predicted octanol–water partition coefficient (Wildman–Crippen LogP) is 3.39. The third-order valence-corrected chi connectivity index (χ3v) is 3.26. The fraction of sp³-hybridized carbons (Fsp3) is 0.250. The predicted molar refractivity (Wildman–Crippen MR) is 76.3 cm³/mol. The molecule has 1 unspecified atom stereocenters. The highest BCUT2D eigenvalue weighted by molar-refractivity contribution is 5.39. The highest BCUT2D eigenvalue weighted by atomic mass is 19.1. The first kappa shape index (κ1) is 14.3. The second-order valence-corrected chi connectivity index (χ2v) is 4.62. The minimum atomic E-state index is -0.234. The fourth-order valence-electron chi connectivity index (χ4n) is 2.03. The maximum atomic E-state index is 13.7. The Hall–Kier alpha value is -2.07. The molecule has 0 saturated carbocycles. The van der Waals surface area contributed by atoms with Gasteiger partial charge in [0, 0.05) is 23.7 Å². The molecule has 1 atom stereocenters. The number of benzene rings is 2. The Kier molecular flexibility index (Phi) is 4.58. The summed E-state index contributed by atoms with van der Waals surface area (Å²) in [5.74, 6) is 0.638. The van der Waals surface area contributed by atoms with E-state index in [2.05, 4.69) is 5.32 Å². The SMILES string of the molecule is COc1ccc(O)c(CNC(C)c2ccccc2F)c1. The van der Waals surface area contributed by atoms with Crippen LogP contribution in [0.5, 0.6) is 11.5 Å². The molecule has 0 spiro atoms. The van der Waals surface area contributed by atoms with Gasteiger partial charge in [0.2, 0.25) is 0 Å². The molecule has 3 nitrogen and oxygen atoms in total. The van der Waals surface area contributed by atoms with E-state index in [-0.39, 0.29) is 17.6 Å². The van der Waals surface area contributed by atoms with Crippen LogP contribution in [-0.2, 0) is 6.54 Å². The minimum Gasteiger partial charge on any atom is -0.508 e. The molecule has 0 saturated heterocycles. The molecular formula is C16H18FNO2. The molecule has 0 amide bonds. The molecule has 2 rings (SSSR count). The lowest BCUT2D eigenvalue weighted by Gasteiger charge is -2.16. The lowest BCUT2D eigenvalue weighted by molar-refractivity contribution is 0.409. The number of ether oxygens (including phenoxy) is 1. The van der Waals surface area contributed by atoms with Gasteiger partial charge >= 0.3 is 0 Å². The molecular weight excluding hydrogens is 257 g/mol. The maximum absolute atomic E-state index is 13.7. The van der Waals surface area contributed by atoms with E-state index in [1.165, 1.54) is 6.07 Å². The number of hydrogen-bond acceptors (Lipinski definition) is 3. The van der Waals surface area contributed by atoms with Crippen molar-refractivity contribution in [3.8, 4) is 11.5 Å². The zero-order valence-corrected chi connectivity index (χ0v) is 11.6. The Labute approximate surface area is 118 Å². The van der Waals surface area contributed by atoms with Crippen LogP contribution in [0.25, 0.3) is 0 Å². The van der Waals surface area contributed by atoms with Gasteiger partial charge < -0.3 is 15.2 Å². The second-order valence-electron chi connectivity index (χ2n) is 4.62. The number of halogens is 1. The van der Waals surface area contributed by atoms with Crippen LogP contribution in [0.2, 0.25) is 0 Å². The summed E-state index contributed by atoms with van der Waals surface area (Å²) in [6, 6.07) is 11.6. The van der Waals surface area contributed by atoms with E-state index in [4.69, 9.17) is 4.74 Å². The van der Waals surface area contributed by atoms with Crippen molar-refractivity contribution in [1.29, 1.82) is 0 Å². The largest absolute Gasteiger partial charge is 0.508 e. The Morgan fingerprint density at radius 3 is 2.70 bits per heavy atom. The van der Waals surface area contributed by atoms with Gasteiger partial charge in [-0.3, -0.25) is 0 Å². The van der Waals surface area contributed by atoms with Gasteiger partial charge in [-0.2, -0.15) is 0 Å². The molecule has 106 valence electrons. The summed E-state index contributed by atoms with van der Waals surface area (Å²) in [6.45, 7) is 2.31. The van der Waals surface area contributed by atoms with Crippen LogP contribution >= 0.6 is 0 Å². The van der Waals surface area contributed by atoms with E-state index in [1.807, 2.05) is 6.92 Å². The van der Waals surface area contributed by atoms with Gasteiger partial charge in [-0.05, 0) is 31.2 Å². The van der Waals surface area contributed by atoms with Gasteiger partial charge in [0.1, 0.15) is 17.3 Å². The molecule has 0 aromatic heterocycles. The van der Waals surface area contributed by atoms with Crippen molar-refractivity contribution < 1.29 is 14.2 Å². The summed E-state index contributed by atoms with van der Waals surface area (Å²) in [7, 11) is 1.57. The van der Waals surface area contributed by atoms with Crippen LogP contribution in [0.3, 0.4) is 0 Å². The van der Waals surface area contributed by atoms with Gasteiger partial charge in [0.25, 0.3) is 0 Å². The molecule has 0 aliphatic rings. The molecule has 4 heteroatoms. The normalized spacial score (nSPS) is 12.2. The molecule has 0 radical (unpaired) electrons. The van der Waals surface area contributed by atoms with Crippen molar-refractivity contribution in [2.45, 2.75) is 19.5 Å². The van der Waals surface area contributed by atoms with Crippen molar-refractivity contribution in [1.82, 2.24) is 5.32 Å². The molecule has 0 aliphatic heterocycles. The van der Waals surface area contributed by atoms with Crippen LogP contribution in [0.15, 0.2) is 42.5 Å².